The Labute approximate surface area is 92.1 Å². The molecule has 0 nitrogen and oxygen atoms in total. The quantitative estimate of drug-likeness (QED) is 0.658. The minimum Gasteiger partial charge on any atom is -0.166 e. The third kappa shape index (κ3) is 2.65. The number of benzene rings is 1. The van der Waals surface area contributed by atoms with Crippen LogP contribution in [0.15, 0.2) is 12.1 Å². The van der Waals surface area contributed by atoms with Crippen LogP contribution in [0.3, 0.4) is 0 Å². The third-order valence-corrected chi connectivity index (χ3v) is 2.47. The summed E-state index contributed by atoms with van der Waals surface area (Å²) in [5.74, 6) is -0.195. The Hall–Kier alpha value is -0.700. The van der Waals surface area contributed by atoms with Crippen molar-refractivity contribution in [2.24, 2.45) is 0 Å². The van der Waals surface area contributed by atoms with Gasteiger partial charge < -0.3 is 0 Å². The van der Waals surface area contributed by atoms with Gasteiger partial charge in [-0.15, -0.1) is 0 Å². The van der Waals surface area contributed by atoms with Gasteiger partial charge in [-0.05, 0) is 30.0 Å². The van der Waals surface area contributed by atoms with Gasteiger partial charge in [0.1, 0.15) is 0 Å². The average Bonchev–Trinajstić information content (AvgIpc) is 1.99. The fraction of sp³-hybridized carbons (Fsp3) is 0.455. The molecule has 0 N–H and O–H groups in total. The summed E-state index contributed by atoms with van der Waals surface area (Å²) in [6.45, 7) is 5.18. The number of halogens is 4. The molecule has 0 fully saturated rings. The van der Waals surface area contributed by atoms with Gasteiger partial charge in [-0.2, -0.15) is 13.2 Å². The molecule has 0 atom stereocenters. The molecule has 0 aliphatic rings. The summed E-state index contributed by atoms with van der Waals surface area (Å²) in [6, 6.07) is 2.88. The van der Waals surface area contributed by atoms with Crippen LogP contribution in [0.4, 0.5) is 13.2 Å². The second kappa shape index (κ2) is 4.05. The molecule has 0 bridgehead atoms. The molecule has 84 valence electrons. The van der Waals surface area contributed by atoms with Gasteiger partial charge in [0, 0.05) is 0 Å². The fourth-order valence-electron chi connectivity index (χ4n) is 1.52. The molecule has 0 unspecified atom stereocenters. The van der Waals surface area contributed by atoms with Gasteiger partial charge in [0.15, 0.2) is 0 Å². The largest absolute Gasteiger partial charge is 0.418 e. The molecular formula is C11H12ClF3. The number of alkyl halides is 3. The summed E-state index contributed by atoms with van der Waals surface area (Å²) >= 11 is 5.64. The van der Waals surface area contributed by atoms with Crippen LogP contribution in [-0.4, -0.2) is 0 Å². The van der Waals surface area contributed by atoms with Crippen LogP contribution in [-0.2, 0) is 6.18 Å². The zero-order valence-electron chi connectivity index (χ0n) is 8.74. The Balaban J connectivity index is 3.48. The van der Waals surface area contributed by atoms with Gasteiger partial charge in [-0.3, -0.25) is 0 Å². The van der Waals surface area contributed by atoms with E-state index in [0.29, 0.717) is 0 Å². The van der Waals surface area contributed by atoms with Crippen molar-refractivity contribution in [1.82, 2.24) is 0 Å². The topological polar surface area (TPSA) is 0 Å². The molecule has 0 spiro atoms. The van der Waals surface area contributed by atoms with Crippen molar-refractivity contribution in [2.45, 2.75) is 32.9 Å². The first kappa shape index (κ1) is 12.4. The van der Waals surface area contributed by atoms with E-state index in [1.54, 1.807) is 26.8 Å². The van der Waals surface area contributed by atoms with Crippen molar-refractivity contribution in [3.05, 3.63) is 33.8 Å². The van der Waals surface area contributed by atoms with Crippen LogP contribution < -0.4 is 0 Å². The first-order valence-corrected chi connectivity index (χ1v) is 4.98. The Morgan fingerprint density at radius 3 is 2.13 bits per heavy atom. The van der Waals surface area contributed by atoms with Gasteiger partial charge in [0.25, 0.3) is 0 Å². The van der Waals surface area contributed by atoms with Crippen molar-refractivity contribution in [1.29, 1.82) is 0 Å². The first-order valence-electron chi connectivity index (χ1n) is 4.60. The van der Waals surface area contributed by atoms with E-state index in [4.69, 9.17) is 11.6 Å². The van der Waals surface area contributed by atoms with Gasteiger partial charge in [0.2, 0.25) is 0 Å². The molecule has 0 heterocycles. The zero-order valence-corrected chi connectivity index (χ0v) is 9.50. The van der Waals surface area contributed by atoms with E-state index in [9.17, 15) is 13.2 Å². The lowest BCUT2D eigenvalue weighted by atomic mass is 9.95. The van der Waals surface area contributed by atoms with Crippen molar-refractivity contribution < 1.29 is 13.2 Å². The standard InChI is InChI=1S/C11H12ClF3/c1-6(2)8-4-7(3)5-9(12)10(8)11(13,14)15/h4-6H,1-3H3. The Bertz CT molecular complexity index is 367. The van der Waals surface area contributed by atoms with E-state index in [1.165, 1.54) is 6.07 Å². The lowest BCUT2D eigenvalue weighted by Crippen LogP contribution is -2.11. The first-order chi connectivity index (χ1) is 6.73. The van der Waals surface area contributed by atoms with Crippen molar-refractivity contribution in [2.75, 3.05) is 0 Å². The second-order valence-electron chi connectivity index (χ2n) is 3.86. The van der Waals surface area contributed by atoms with Crippen molar-refractivity contribution >= 4 is 11.6 Å². The van der Waals surface area contributed by atoms with Crippen molar-refractivity contribution in [3.63, 3.8) is 0 Å². The predicted molar refractivity (Wildman–Crippen MR) is 55.3 cm³/mol. The maximum atomic E-state index is 12.7. The second-order valence-corrected chi connectivity index (χ2v) is 4.27. The molecule has 4 heteroatoms. The summed E-state index contributed by atoms with van der Waals surface area (Å²) in [4.78, 5) is 0. The highest BCUT2D eigenvalue weighted by atomic mass is 35.5. The van der Waals surface area contributed by atoms with Crippen LogP contribution in [0.2, 0.25) is 5.02 Å². The highest BCUT2D eigenvalue weighted by Gasteiger charge is 2.36. The minimum absolute atomic E-state index is 0.195. The molecule has 0 aliphatic carbocycles. The molecule has 15 heavy (non-hydrogen) atoms. The monoisotopic (exact) mass is 236 g/mol. The Morgan fingerprint density at radius 2 is 1.73 bits per heavy atom. The minimum atomic E-state index is -4.38. The highest BCUT2D eigenvalue weighted by molar-refractivity contribution is 6.31. The van der Waals surface area contributed by atoms with E-state index < -0.39 is 11.7 Å². The number of hydrogen-bond donors (Lipinski definition) is 0. The van der Waals surface area contributed by atoms with Gasteiger partial charge in [0.05, 0.1) is 10.6 Å². The summed E-state index contributed by atoms with van der Waals surface area (Å²) in [7, 11) is 0. The molecule has 0 amide bonds. The normalized spacial score (nSPS) is 12.3. The van der Waals surface area contributed by atoms with E-state index in [0.717, 1.165) is 5.56 Å². The van der Waals surface area contributed by atoms with E-state index in [2.05, 4.69) is 0 Å². The predicted octanol–water partition coefficient (Wildman–Crippen LogP) is 4.79. The SMILES string of the molecule is Cc1cc(Cl)c(C(F)(F)F)c(C(C)C)c1. The van der Waals surface area contributed by atoms with Crippen LogP contribution >= 0.6 is 11.6 Å². The zero-order chi connectivity index (χ0) is 11.8. The molecule has 1 rings (SSSR count). The van der Waals surface area contributed by atoms with Crippen molar-refractivity contribution in [3.8, 4) is 0 Å². The van der Waals surface area contributed by atoms with Crippen LogP contribution in [0.5, 0.6) is 0 Å². The summed E-state index contributed by atoms with van der Waals surface area (Å²) in [5, 5.41) is -0.216. The summed E-state index contributed by atoms with van der Waals surface area (Å²) < 4.78 is 38.2. The summed E-state index contributed by atoms with van der Waals surface area (Å²) in [6.07, 6.45) is -4.38. The lowest BCUT2D eigenvalue weighted by Gasteiger charge is -2.17. The Kier molecular flexibility index (Phi) is 3.34. The number of rotatable bonds is 1. The van der Waals surface area contributed by atoms with Gasteiger partial charge in [-0.25, -0.2) is 0 Å². The van der Waals surface area contributed by atoms with E-state index in [1.807, 2.05) is 0 Å². The maximum absolute atomic E-state index is 12.7. The average molecular weight is 237 g/mol. The van der Waals surface area contributed by atoms with Crippen LogP contribution in [0.1, 0.15) is 36.5 Å². The fourth-order valence-corrected chi connectivity index (χ4v) is 1.91. The lowest BCUT2D eigenvalue weighted by molar-refractivity contribution is -0.138. The van der Waals surface area contributed by atoms with Crippen LogP contribution in [0, 0.1) is 6.92 Å². The molecule has 0 aromatic heterocycles. The van der Waals surface area contributed by atoms with E-state index >= 15 is 0 Å². The maximum Gasteiger partial charge on any atom is 0.418 e. The molecule has 0 saturated carbocycles. The molecule has 1 aromatic rings. The smallest absolute Gasteiger partial charge is 0.166 e. The molecular weight excluding hydrogens is 225 g/mol. The third-order valence-electron chi connectivity index (χ3n) is 2.17. The van der Waals surface area contributed by atoms with Gasteiger partial charge in [-0.1, -0.05) is 31.5 Å². The molecule has 0 aliphatic heterocycles. The summed E-state index contributed by atoms with van der Waals surface area (Å²) in [5.41, 5.74) is 0.300. The van der Waals surface area contributed by atoms with Gasteiger partial charge >= 0.3 is 6.18 Å². The number of hydrogen-bond acceptors (Lipinski definition) is 0. The molecule has 0 radical (unpaired) electrons. The molecule has 1 aromatic carbocycles. The van der Waals surface area contributed by atoms with Crippen LogP contribution in [0.25, 0.3) is 0 Å². The highest BCUT2D eigenvalue weighted by Crippen LogP contribution is 2.40. The molecule has 0 saturated heterocycles. The Morgan fingerprint density at radius 1 is 1.20 bits per heavy atom. The number of aryl methyl sites for hydroxylation is 1. The van der Waals surface area contributed by atoms with E-state index in [-0.39, 0.29) is 16.5 Å².